The first kappa shape index (κ1) is 30.6. The monoisotopic (exact) mass is 644 g/mol. The molecule has 220 valence electrons. The van der Waals surface area contributed by atoms with E-state index in [0.29, 0.717) is 35.9 Å². The van der Waals surface area contributed by atoms with Crippen LogP contribution in [0.4, 0.5) is 37.1 Å². The molecule has 1 aliphatic rings. The molecule has 4 rings (SSSR count). The molecule has 0 saturated carbocycles. The van der Waals surface area contributed by atoms with Crippen LogP contribution in [0.25, 0.3) is 0 Å². The van der Waals surface area contributed by atoms with Gasteiger partial charge in [-0.05, 0) is 70.9 Å². The molecule has 1 aromatic heterocycles. The second-order valence-corrected chi connectivity index (χ2v) is 10.9. The third kappa shape index (κ3) is 7.49. The first-order chi connectivity index (χ1) is 19.3. The van der Waals surface area contributed by atoms with Gasteiger partial charge < -0.3 is 14.9 Å². The summed E-state index contributed by atoms with van der Waals surface area (Å²) in [6, 6.07) is 9.36. The highest BCUT2D eigenvalue weighted by Gasteiger charge is 2.41. The van der Waals surface area contributed by atoms with Crippen LogP contribution in [0.15, 0.2) is 65.4 Å². The standard InChI is InChI=1S/C28H27BrF6N4O2/c1-2-22-12-23(13-24(39(22)26(40)41)10-17-6-4-3-5-7-17)38(25-36-14-21(29)15-37-25)16-18-8-19(27(30,31)32)11-20(9-18)28(33,34)35/h3-9,11,14-15,22-24H,2,10,12-13,16H2,1H3,(H,40,41). The Bertz CT molecular complexity index is 1310. The van der Waals surface area contributed by atoms with Crippen LogP contribution in [0.2, 0.25) is 0 Å². The summed E-state index contributed by atoms with van der Waals surface area (Å²) in [5.74, 6) is 0.112. The van der Waals surface area contributed by atoms with E-state index < -0.39 is 47.7 Å². The van der Waals surface area contributed by atoms with Crippen molar-refractivity contribution in [1.29, 1.82) is 0 Å². The summed E-state index contributed by atoms with van der Waals surface area (Å²) < 4.78 is 82.1. The zero-order chi connectivity index (χ0) is 29.9. The Morgan fingerprint density at radius 2 is 1.51 bits per heavy atom. The van der Waals surface area contributed by atoms with Gasteiger partial charge in [0.15, 0.2) is 0 Å². The summed E-state index contributed by atoms with van der Waals surface area (Å²) in [6.07, 6.45) is -6.79. The zero-order valence-electron chi connectivity index (χ0n) is 21.8. The van der Waals surface area contributed by atoms with Crippen molar-refractivity contribution in [3.8, 4) is 0 Å². The van der Waals surface area contributed by atoms with Gasteiger partial charge in [-0.3, -0.25) is 0 Å². The molecule has 3 unspecified atom stereocenters. The normalized spacial score (nSPS) is 19.7. The lowest BCUT2D eigenvalue weighted by molar-refractivity contribution is -0.143. The van der Waals surface area contributed by atoms with Gasteiger partial charge in [0.1, 0.15) is 0 Å². The van der Waals surface area contributed by atoms with Gasteiger partial charge in [-0.1, -0.05) is 37.3 Å². The highest BCUT2D eigenvalue weighted by Crippen LogP contribution is 2.38. The van der Waals surface area contributed by atoms with E-state index in [4.69, 9.17) is 0 Å². The van der Waals surface area contributed by atoms with E-state index in [1.165, 1.54) is 17.3 Å². The molecular weight excluding hydrogens is 618 g/mol. The molecule has 6 nitrogen and oxygen atoms in total. The summed E-state index contributed by atoms with van der Waals surface area (Å²) in [7, 11) is 0. The summed E-state index contributed by atoms with van der Waals surface area (Å²) in [4.78, 5) is 23.9. The fraction of sp³-hybridized carbons (Fsp3) is 0.393. The Morgan fingerprint density at radius 1 is 0.951 bits per heavy atom. The van der Waals surface area contributed by atoms with Crippen molar-refractivity contribution < 1.29 is 36.2 Å². The van der Waals surface area contributed by atoms with E-state index in [0.717, 1.165) is 5.56 Å². The summed E-state index contributed by atoms with van der Waals surface area (Å²) in [5, 5.41) is 10.1. The SMILES string of the molecule is CCC1CC(N(Cc2cc(C(F)(F)F)cc(C(F)(F)F)c2)c2ncc(Br)cn2)CC(Cc2ccccc2)N1C(=O)O. The largest absolute Gasteiger partial charge is 0.465 e. The zero-order valence-corrected chi connectivity index (χ0v) is 23.4. The Hall–Kier alpha value is -3.35. The summed E-state index contributed by atoms with van der Waals surface area (Å²) in [5.41, 5.74) is -2.13. The van der Waals surface area contributed by atoms with Crippen LogP contribution < -0.4 is 4.90 Å². The van der Waals surface area contributed by atoms with Crippen molar-refractivity contribution in [1.82, 2.24) is 14.9 Å². The van der Waals surface area contributed by atoms with Crippen LogP contribution in [-0.4, -0.2) is 44.2 Å². The third-order valence-electron chi connectivity index (χ3n) is 7.19. The highest BCUT2D eigenvalue weighted by molar-refractivity contribution is 9.10. The van der Waals surface area contributed by atoms with Crippen LogP contribution in [0.1, 0.15) is 48.4 Å². The first-order valence-corrected chi connectivity index (χ1v) is 13.6. The second-order valence-electron chi connectivity index (χ2n) is 9.96. The van der Waals surface area contributed by atoms with Crippen molar-refractivity contribution in [3.63, 3.8) is 0 Å². The predicted octanol–water partition coefficient (Wildman–Crippen LogP) is 7.82. The number of nitrogens with zero attached hydrogens (tertiary/aromatic N) is 4. The number of likely N-dealkylation sites (tertiary alicyclic amines) is 1. The lowest BCUT2D eigenvalue weighted by Crippen LogP contribution is -2.57. The molecule has 41 heavy (non-hydrogen) atoms. The molecule has 2 aromatic carbocycles. The maximum atomic E-state index is 13.6. The fourth-order valence-corrected chi connectivity index (χ4v) is 5.58. The van der Waals surface area contributed by atoms with Crippen molar-refractivity contribution >= 4 is 28.0 Å². The van der Waals surface area contributed by atoms with Gasteiger partial charge in [0.2, 0.25) is 5.95 Å². The highest BCUT2D eigenvalue weighted by atomic mass is 79.9. The van der Waals surface area contributed by atoms with E-state index in [9.17, 15) is 36.2 Å². The quantitative estimate of drug-likeness (QED) is 0.266. The molecule has 1 N–H and O–H groups in total. The van der Waals surface area contributed by atoms with E-state index in [2.05, 4.69) is 25.9 Å². The van der Waals surface area contributed by atoms with Crippen LogP contribution in [-0.2, 0) is 25.3 Å². The Balaban J connectivity index is 1.77. The number of halogens is 7. The average Bonchev–Trinajstić information content (AvgIpc) is 2.91. The smallest absolute Gasteiger partial charge is 0.416 e. The molecule has 0 aliphatic carbocycles. The maximum Gasteiger partial charge on any atom is 0.416 e. The molecule has 0 bridgehead atoms. The van der Waals surface area contributed by atoms with E-state index in [1.807, 2.05) is 37.3 Å². The second kappa shape index (κ2) is 12.3. The molecule has 0 radical (unpaired) electrons. The Morgan fingerprint density at radius 3 is 2.02 bits per heavy atom. The maximum absolute atomic E-state index is 13.6. The molecule has 13 heteroatoms. The number of carbonyl (C=O) groups is 1. The number of alkyl halides is 6. The number of rotatable bonds is 7. The van der Waals surface area contributed by atoms with Crippen LogP contribution in [0.3, 0.4) is 0 Å². The fourth-order valence-electron chi connectivity index (χ4n) is 5.37. The molecule has 1 amide bonds. The van der Waals surface area contributed by atoms with E-state index in [1.54, 1.807) is 4.90 Å². The average molecular weight is 645 g/mol. The first-order valence-electron chi connectivity index (χ1n) is 12.8. The number of hydrogen-bond donors (Lipinski definition) is 1. The number of anilines is 1. The third-order valence-corrected chi connectivity index (χ3v) is 7.60. The predicted molar refractivity (Wildman–Crippen MR) is 143 cm³/mol. The number of amides is 1. The van der Waals surface area contributed by atoms with Gasteiger partial charge in [0, 0.05) is 37.1 Å². The number of aromatic nitrogens is 2. The van der Waals surface area contributed by atoms with Crippen LogP contribution in [0, 0.1) is 0 Å². The van der Waals surface area contributed by atoms with E-state index >= 15 is 0 Å². The molecule has 3 aromatic rings. The lowest BCUT2D eigenvalue weighted by Gasteiger charge is -2.47. The van der Waals surface area contributed by atoms with E-state index in [-0.39, 0.29) is 30.5 Å². The molecule has 1 aliphatic heterocycles. The minimum Gasteiger partial charge on any atom is -0.465 e. The number of hydrogen-bond acceptors (Lipinski definition) is 4. The number of piperidine rings is 1. The van der Waals surface area contributed by atoms with Gasteiger partial charge in [-0.15, -0.1) is 0 Å². The summed E-state index contributed by atoms with van der Waals surface area (Å²) in [6.45, 7) is 1.49. The molecule has 0 spiro atoms. The minimum atomic E-state index is -4.99. The van der Waals surface area contributed by atoms with Gasteiger partial charge in [0.25, 0.3) is 0 Å². The molecule has 1 saturated heterocycles. The topological polar surface area (TPSA) is 69.6 Å². The Kier molecular flexibility index (Phi) is 9.15. The van der Waals surface area contributed by atoms with Crippen molar-refractivity contribution in [3.05, 3.63) is 87.7 Å². The van der Waals surface area contributed by atoms with Gasteiger partial charge >= 0.3 is 18.4 Å². The molecule has 2 heterocycles. The van der Waals surface area contributed by atoms with Gasteiger partial charge in [-0.2, -0.15) is 26.3 Å². The summed E-state index contributed by atoms with van der Waals surface area (Å²) >= 11 is 3.25. The van der Waals surface area contributed by atoms with Crippen LogP contribution in [0.5, 0.6) is 0 Å². The van der Waals surface area contributed by atoms with Crippen molar-refractivity contribution in [2.45, 2.75) is 69.6 Å². The number of benzene rings is 2. The molecular formula is C28H27BrF6N4O2. The Labute approximate surface area is 241 Å². The minimum absolute atomic E-state index is 0.0956. The lowest BCUT2D eigenvalue weighted by atomic mass is 9.86. The molecule has 3 atom stereocenters. The molecule has 1 fully saturated rings. The van der Waals surface area contributed by atoms with Crippen LogP contribution >= 0.6 is 15.9 Å². The van der Waals surface area contributed by atoms with Crippen molar-refractivity contribution in [2.24, 2.45) is 0 Å². The van der Waals surface area contributed by atoms with Crippen molar-refractivity contribution in [2.75, 3.05) is 4.90 Å². The number of carboxylic acid groups (broad SMARTS) is 1. The van der Waals surface area contributed by atoms with Gasteiger partial charge in [-0.25, -0.2) is 14.8 Å². The van der Waals surface area contributed by atoms with Gasteiger partial charge in [0.05, 0.1) is 15.6 Å².